The number of hydrogen-bond donors (Lipinski definition) is 1. The molecule has 0 bridgehead atoms. The Hall–Kier alpha value is -2.16. The molecule has 0 radical (unpaired) electrons. The van der Waals surface area contributed by atoms with Crippen molar-refractivity contribution in [2.45, 2.75) is 46.6 Å². The first-order valence-corrected chi connectivity index (χ1v) is 7.58. The summed E-state index contributed by atoms with van der Waals surface area (Å²) in [4.78, 5) is 11.3. The third kappa shape index (κ3) is 3.53. The van der Waals surface area contributed by atoms with E-state index < -0.39 is 5.91 Å². The van der Waals surface area contributed by atoms with Crippen LogP contribution in [0.5, 0.6) is 0 Å². The first-order valence-electron chi connectivity index (χ1n) is 7.58. The molecular weight excluding hydrogens is 272 g/mol. The average molecular weight is 297 g/mol. The quantitative estimate of drug-likeness (QED) is 0.870. The van der Waals surface area contributed by atoms with Crippen LogP contribution in [0.1, 0.15) is 53.4 Å². The molecule has 0 aliphatic rings. The van der Waals surface area contributed by atoms with Crippen LogP contribution >= 0.6 is 0 Å². The molecule has 2 N–H and O–H groups in total. The highest BCUT2D eigenvalue weighted by Crippen LogP contribution is 2.26. The number of aryl methyl sites for hydroxylation is 2. The van der Waals surface area contributed by atoms with Gasteiger partial charge in [-0.25, -0.2) is 0 Å². The normalized spacial score (nSPS) is 11.5. The number of amides is 1. The fraction of sp³-hybridized carbons (Fsp3) is 0.368. The number of carbonyl (C=O) groups is 1. The largest absolute Gasteiger partial charge is 0.365 e. The monoisotopic (exact) mass is 297 g/mol. The minimum absolute atomic E-state index is 0.146. The van der Waals surface area contributed by atoms with Crippen molar-refractivity contribution in [1.29, 1.82) is 0 Å². The van der Waals surface area contributed by atoms with E-state index in [9.17, 15) is 4.79 Å². The van der Waals surface area contributed by atoms with Crippen LogP contribution in [-0.2, 0) is 12.0 Å². The van der Waals surface area contributed by atoms with Crippen molar-refractivity contribution >= 4 is 5.91 Å². The van der Waals surface area contributed by atoms with Crippen molar-refractivity contribution in [2.24, 2.45) is 5.73 Å². The number of aromatic nitrogens is 1. The molecule has 2 aromatic rings. The molecule has 0 fully saturated rings. The Balaban J connectivity index is 2.38. The van der Waals surface area contributed by atoms with Crippen molar-refractivity contribution < 1.29 is 9.36 Å². The Kier molecular flexibility index (Phi) is 4.36. The SMILES string of the molecule is Cc1cc(C(C)(C)C)cc(C)c1C[n+]1cccc(C(N)=O)c1. The lowest BCUT2D eigenvalue weighted by Gasteiger charge is -2.21. The molecule has 0 unspecified atom stereocenters. The number of carbonyl (C=O) groups excluding carboxylic acids is 1. The molecule has 0 atom stereocenters. The number of pyridine rings is 1. The summed E-state index contributed by atoms with van der Waals surface area (Å²) in [5.74, 6) is -0.397. The van der Waals surface area contributed by atoms with Crippen LogP contribution in [0, 0.1) is 13.8 Å². The summed E-state index contributed by atoms with van der Waals surface area (Å²) in [6, 6.07) is 8.12. The summed E-state index contributed by atoms with van der Waals surface area (Å²) < 4.78 is 2.01. The molecule has 0 saturated heterocycles. The number of hydrogen-bond acceptors (Lipinski definition) is 1. The number of rotatable bonds is 3. The van der Waals surface area contributed by atoms with Gasteiger partial charge in [-0.3, -0.25) is 4.79 Å². The molecule has 0 spiro atoms. The van der Waals surface area contributed by atoms with Gasteiger partial charge in [0.1, 0.15) is 5.56 Å². The van der Waals surface area contributed by atoms with E-state index >= 15 is 0 Å². The van der Waals surface area contributed by atoms with Crippen molar-refractivity contribution in [3.63, 3.8) is 0 Å². The fourth-order valence-corrected chi connectivity index (χ4v) is 2.62. The van der Waals surface area contributed by atoms with Crippen LogP contribution in [0.2, 0.25) is 0 Å². The van der Waals surface area contributed by atoms with E-state index in [1.807, 2.05) is 16.8 Å². The predicted molar refractivity (Wildman–Crippen MR) is 88.9 cm³/mol. The molecule has 0 aliphatic carbocycles. The number of nitrogens with two attached hydrogens (primary N) is 1. The lowest BCUT2D eigenvalue weighted by atomic mass is 9.84. The zero-order valence-electron chi connectivity index (χ0n) is 14.1. The average Bonchev–Trinajstić information content (AvgIpc) is 2.42. The molecule has 1 aromatic carbocycles. The highest BCUT2D eigenvalue weighted by Gasteiger charge is 2.18. The lowest BCUT2D eigenvalue weighted by Crippen LogP contribution is -2.35. The van der Waals surface area contributed by atoms with Crippen LogP contribution in [0.15, 0.2) is 36.7 Å². The smallest absolute Gasteiger partial charge is 0.254 e. The lowest BCUT2D eigenvalue weighted by molar-refractivity contribution is -0.688. The Bertz CT molecular complexity index is 689. The van der Waals surface area contributed by atoms with Gasteiger partial charge in [0, 0.05) is 11.6 Å². The fourth-order valence-electron chi connectivity index (χ4n) is 2.62. The molecular formula is C19H25N2O+. The van der Waals surface area contributed by atoms with E-state index in [1.54, 1.807) is 12.3 Å². The Labute approximate surface area is 132 Å². The summed E-state index contributed by atoms with van der Waals surface area (Å²) >= 11 is 0. The Morgan fingerprint density at radius 1 is 1.18 bits per heavy atom. The topological polar surface area (TPSA) is 47.0 Å². The number of nitrogens with zero attached hydrogens (tertiary/aromatic N) is 1. The minimum Gasteiger partial charge on any atom is -0.365 e. The van der Waals surface area contributed by atoms with Crippen LogP contribution < -0.4 is 10.3 Å². The van der Waals surface area contributed by atoms with Gasteiger partial charge in [0.15, 0.2) is 18.9 Å². The second-order valence-electron chi connectivity index (χ2n) is 6.97. The van der Waals surface area contributed by atoms with E-state index in [0.717, 1.165) is 6.54 Å². The maximum absolute atomic E-state index is 11.3. The van der Waals surface area contributed by atoms with Gasteiger partial charge in [-0.15, -0.1) is 0 Å². The van der Waals surface area contributed by atoms with Crippen molar-refractivity contribution in [3.05, 3.63) is 64.5 Å². The zero-order chi connectivity index (χ0) is 16.5. The molecule has 2 rings (SSSR count). The first kappa shape index (κ1) is 16.2. The Morgan fingerprint density at radius 3 is 2.27 bits per heavy atom. The first-order chi connectivity index (χ1) is 10.2. The van der Waals surface area contributed by atoms with E-state index in [1.165, 1.54) is 22.3 Å². The van der Waals surface area contributed by atoms with Crippen LogP contribution in [0.25, 0.3) is 0 Å². The van der Waals surface area contributed by atoms with E-state index in [2.05, 4.69) is 46.8 Å². The molecule has 0 aliphatic heterocycles. The molecule has 1 amide bonds. The molecule has 0 saturated carbocycles. The highest BCUT2D eigenvalue weighted by molar-refractivity contribution is 5.92. The molecule has 3 heteroatoms. The molecule has 22 heavy (non-hydrogen) atoms. The van der Waals surface area contributed by atoms with Crippen molar-refractivity contribution in [2.75, 3.05) is 0 Å². The van der Waals surface area contributed by atoms with Gasteiger partial charge in [-0.1, -0.05) is 32.9 Å². The van der Waals surface area contributed by atoms with Gasteiger partial charge in [0.2, 0.25) is 0 Å². The summed E-state index contributed by atoms with van der Waals surface area (Å²) in [7, 11) is 0. The zero-order valence-corrected chi connectivity index (χ0v) is 14.1. The highest BCUT2D eigenvalue weighted by atomic mass is 16.1. The molecule has 3 nitrogen and oxygen atoms in total. The second kappa shape index (κ2) is 5.91. The summed E-state index contributed by atoms with van der Waals surface area (Å²) in [6.07, 6.45) is 3.77. The van der Waals surface area contributed by atoms with E-state index in [4.69, 9.17) is 5.73 Å². The van der Waals surface area contributed by atoms with Gasteiger partial charge in [-0.2, -0.15) is 4.57 Å². The van der Waals surface area contributed by atoms with Gasteiger partial charge >= 0.3 is 0 Å². The predicted octanol–water partition coefficient (Wildman–Crippen LogP) is 3.04. The maximum Gasteiger partial charge on any atom is 0.254 e. The summed E-state index contributed by atoms with van der Waals surface area (Å²) in [5, 5.41) is 0. The number of benzene rings is 1. The standard InChI is InChI=1S/C19H24N2O/c1-13-9-16(19(3,4)5)10-14(2)17(13)12-21-8-6-7-15(11-21)18(20)22/h6-11H,12H2,1-5H3,(H-,20,22)/p+1. The Morgan fingerprint density at radius 2 is 1.77 bits per heavy atom. The third-order valence-corrected chi connectivity index (χ3v) is 4.05. The van der Waals surface area contributed by atoms with Gasteiger partial charge in [0.05, 0.1) is 0 Å². The van der Waals surface area contributed by atoms with Crippen LogP contribution in [-0.4, -0.2) is 5.91 Å². The van der Waals surface area contributed by atoms with E-state index in [-0.39, 0.29) is 5.41 Å². The molecule has 116 valence electrons. The van der Waals surface area contributed by atoms with Gasteiger partial charge in [0.25, 0.3) is 5.91 Å². The molecule has 1 aromatic heterocycles. The second-order valence-corrected chi connectivity index (χ2v) is 6.97. The van der Waals surface area contributed by atoms with Crippen LogP contribution in [0.3, 0.4) is 0 Å². The van der Waals surface area contributed by atoms with Crippen molar-refractivity contribution in [3.8, 4) is 0 Å². The van der Waals surface area contributed by atoms with Crippen LogP contribution in [0.4, 0.5) is 0 Å². The maximum atomic E-state index is 11.3. The van der Waals surface area contributed by atoms with Gasteiger partial charge in [-0.05, 0) is 42.0 Å². The minimum atomic E-state index is -0.397. The van der Waals surface area contributed by atoms with Gasteiger partial charge < -0.3 is 5.73 Å². The summed E-state index contributed by atoms with van der Waals surface area (Å²) in [6.45, 7) is 11.7. The third-order valence-electron chi connectivity index (χ3n) is 4.05. The molecule has 1 heterocycles. The number of primary amides is 1. The van der Waals surface area contributed by atoms with E-state index in [0.29, 0.717) is 5.56 Å². The van der Waals surface area contributed by atoms with Crippen molar-refractivity contribution in [1.82, 2.24) is 0 Å². The summed E-state index contributed by atoms with van der Waals surface area (Å²) in [5.41, 5.74) is 11.2.